The van der Waals surface area contributed by atoms with Gasteiger partial charge in [-0.1, -0.05) is 19.1 Å². The van der Waals surface area contributed by atoms with Crippen LogP contribution in [0.5, 0.6) is 5.88 Å². The van der Waals surface area contributed by atoms with Crippen LogP contribution in [0.4, 0.5) is 8.78 Å². The van der Waals surface area contributed by atoms with Crippen molar-refractivity contribution in [2.75, 3.05) is 7.11 Å². The summed E-state index contributed by atoms with van der Waals surface area (Å²) in [4.78, 5) is 3.99. The topological polar surface area (TPSA) is 42.4 Å². The summed E-state index contributed by atoms with van der Waals surface area (Å²) in [5, 5.41) is 10.6. The van der Waals surface area contributed by atoms with E-state index in [1.807, 2.05) is 0 Å². The number of aliphatic hydroxyl groups excluding tert-OH is 1. The van der Waals surface area contributed by atoms with Gasteiger partial charge >= 0.3 is 0 Å². The molecule has 1 unspecified atom stereocenters. The molecule has 0 aliphatic heterocycles. The second-order valence-corrected chi connectivity index (χ2v) is 4.86. The summed E-state index contributed by atoms with van der Waals surface area (Å²) in [6.45, 7) is 1.41. The Balaban J connectivity index is 3.08. The van der Waals surface area contributed by atoms with Crippen molar-refractivity contribution in [2.24, 2.45) is 0 Å². The summed E-state index contributed by atoms with van der Waals surface area (Å²) in [5.74, 6) is -3.54. The van der Waals surface area contributed by atoms with Crippen molar-refractivity contribution >= 4 is 17.6 Å². The summed E-state index contributed by atoms with van der Waals surface area (Å²) in [7, 11) is 1.42. The van der Waals surface area contributed by atoms with Gasteiger partial charge < -0.3 is 9.84 Å². The molecule has 1 atom stereocenters. The van der Waals surface area contributed by atoms with Crippen LogP contribution in [0.15, 0.2) is 12.3 Å². The van der Waals surface area contributed by atoms with Crippen molar-refractivity contribution < 1.29 is 18.6 Å². The molecule has 0 aliphatic rings. The number of ether oxygens (including phenoxy) is 1. The molecule has 1 N–H and O–H groups in total. The van der Waals surface area contributed by atoms with E-state index in [9.17, 15) is 13.9 Å². The third-order valence-electron chi connectivity index (χ3n) is 3.23. The molecule has 1 aromatic rings. The Hall–Kier alpha value is -1.14. The molecule has 3 nitrogen and oxygen atoms in total. The molecule has 0 spiro atoms. The van der Waals surface area contributed by atoms with Gasteiger partial charge in [-0.15, -0.1) is 0 Å². The predicted octanol–water partition coefficient (Wildman–Crippen LogP) is 3.49. The minimum absolute atomic E-state index is 0.190. The number of thiocarbonyl (C=S) groups is 1. The minimum Gasteiger partial charge on any atom is -0.481 e. The molecule has 0 saturated heterocycles. The van der Waals surface area contributed by atoms with E-state index in [4.69, 9.17) is 4.74 Å². The van der Waals surface area contributed by atoms with E-state index in [1.165, 1.54) is 24.7 Å². The lowest BCUT2D eigenvalue weighted by molar-refractivity contribution is -0.0349. The molecule has 1 rings (SSSR count). The molecule has 0 bridgehead atoms. The first-order valence-electron chi connectivity index (χ1n) is 6.45. The Labute approximate surface area is 123 Å². The van der Waals surface area contributed by atoms with E-state index in [1.54, 1.807) is 6.92 Å². The van der Waals surface area contributed by atoms with Crippen LogP contribution in [0, 0.1) is 0 Å². The Bertz CT molecular complexity index is 455. The molecule has 0 aliphatic carbocycles. The van der Waals surface area contributed by atoms with E-state index in [2.05, 4.69) is 17.2 Å². The van der Waals surface area contributed by atoms with Gasteiger partial charge in [0, 0.05) is 24.1 Å². The molecular formula is C14H19F2NO2S. The minimum atomic E-state index is -2.85. The third-order valence-corrected chi connectivity index (χ3v) is 3.46. The fourth-order valence-corrected chi connectivity index (χ4v) is 2.33. The van der Waals surface area contributed by atoms with Crippen LogP contribution >= 0.6 is 12.2 Å². The number of methoxy groups -OCH3 is 1. The average molecular weight is 303 g/mol. The van der Waals surface area contributed by atoms with Gasteiger partial charge in [0.15, 0.2) is 0 Å². The lowest BCUT2D eigenvalue weighted by Gasteiger charge is -2.26. The highest BCUT2D eigenvalue weighted by atomic mass is 32.1. The van der Waals surface area contributed by atoms with Gasteiger partial charge in [0.2, 0.25) is 5.88 Å². The maximum Gasteiger partial charge on any atom is 0.255 e. The van der Waals surface area contributed by atoms with Crippen LogP contribution < -0.4 is 4.74 Å². The molecule has 0 fully saturated rings. The third kappa shape index (κ3) is 3.93. The van der Waals surface area contributed by atoms with E-state index < -0.39 is 11.8 Å². The molecule has 0 aromatic carbocycles. The van der Waals surface area contributed by atoms with Gasteiger partial charge in [-0.3, -0.25) is 0 Å². The van der Waals surface area contributed by atoms with Crippen LogP contribution in [0.1, 0.15) is 43.2 Å². The Morgan fingerprint density at radius 2 is 2.25 bits per heavy atom. The summed E-state index contributed by atoms with van der Waals surface area (Å²) in [6.07, 6.45) is 1.57. The molecule has 0 amide bonds. The van der Waals surface area contributed by atoms with Crippen molar-refractivity contribution in [2.45, 2.75) is 44.6 Å². The van der Waals surface area contributed by atoms with Crippen molar-refractivity contribution in [1.82, 2.24) is 4.98 Å². The number of aliphatic hydroxyl groups is 1. The maximum absolute atomic E-state index is 14.2. The smallest absolute Gasteiger partial charge is 0.255 e. The molecule has 0 saturated carbocycles. The zero-order chi connectivity index (χ0) is 15.2. The standard InChI is InChI=1S/C14H19F2NO2S/c1-3-12(14(15,16)5-4-6-20)10-7-11(9-18)13(19-2)17-8-10/h6-8,12,18H,3-5,9H2,1-2H3. The van der Waals surface area contributed by atoms with Crippen molar-refractivity contribution in [3.63, 3.8) is 0 Å². The van der Waals surface area contributed by atoms with Gasteiger partial charge in [-0.05, 0) is 29.8 Å². The molecule has 0 radical (unpaired) electrons. The highest BCUT2D eigenvalue weighted by molar-refractivity contribution is 7.78. The van der Waals surface area contributed by atoms with Gasteiger partial charge in [0.25, 0.3) is 5.92 Å². The largest absolute Gasteiger partial charge is 0.481 e. The molecule has 1 heterocycles. The first-order chi connectivity index (χ1) is 9.50. The summed E-state index contributed by atoms with van der Waals surface area (Å²) >= 11 is 4.61. The second-order valence-electron chi connectivity index (χ2n) is 4.52. The molecular weight excluding hydrogens is 284 g/mol. The Morgan fingerprint density at radius 3 is 2.75 bits per heavy atom. The maximum atomic E-state index is 14.2. The first kappa shape index (κ1) is 16.9. The number of aromatic nitrogens is 1. The fraction of sp³-hybridized carbons (Fsp3) is 0.571. The number of hydrogen-bond acceptors (Lipinski definition) is 4. The van der Waals surface area contributed by atoms with E-state index in [0.29, 0.717) is 11.1 Å². The van der Waals surface area contributed by atoms with Gasteiger partial charge in [0.1, 0.15) is 0 Å². The zero-order valence-corrected chi connectivity index (χ0v) is 12.4. The number of nitrogens with zero attached hydrogens (tertiary/aromatic N) is 1. The molecule has 112 valence electrons. The van der Waals surface area contributed by atoms with Crippen molar-refractivity contribution in [3.8, 4) is 5.88 Å². The first-order valence-corrected chi connectivity index (χ1v) is 6.92. The molecule has 1 aromatic heterocycles. The zero-order valence-electron chi connectivity index (χ0n) is 11.6. The molecule has 20 heavy (non-hydrogen) atoms. The van der Waals surface area contributed by atoms with E-state index in [-0.39, 0.29) is 31.7 Å². The van der Waals surface area contributed by atoms with Crippen LogP contribution in [0.25, 0.3) is 0 Å². The van der Waals surface area contributed by atoms with Crippen LogP contribution in [-0.4, -0.2) is 28.5 Å². The van der Waals surface area contributed by atoms with Crippen molar-refractivity contribution in [3.05, 3.63) is 23.4 Å². The monoisotopic (exact) mass is 303 g/mol. The lowest BCUT2D eigenvalue weighted by atomic mass is 9.88. The Kier molecular flexibility index (Phi) is 6.42. The highest BCUT2D eigenvalue weighted by Crippen LogP contribution is 2.39. The number of alkyl halides is 2. The summed E-state index contributed by atoms with van der Waals surface area (Å²) in [6, 6.07) is 1.53. The fourth-order valence-electron chi connectivity index (χ4n) is 2.21. The van der Waals surface area contributed by atoms with Crippen LogP contribution in [0.3, 0.4) is 0 Å². The summed E-state index contributed by atoms with van der Waals surface area (Å²) in [5.41, 5.74) is 0.820. The highest BCUT2D eigenvalue weighted by Gasteiger charge is 2.38. The van der Waals surface area contributed by atoms with Crippen molar-refractivity contribution in [1.29, 1.82) is 0 Å². The van der Waals surface area contributed by atoms with E-state index in [0.717, 1.165) is 0 Å². The Morgan fingerprint density at radius 1 is 1.55 bits per heavy atom. The second kappa shape index (κ2) is 7.59. The normalized spacial score (nSPS) is 13.1. The van der Waals surface area contributed by atoms with Gasteiger partial charge in [0.05, 0.1) is 13.7 Å². The van der Waals surface area contributed by atoms with E-state index >= 15 is 0 Å². The van der Waals surface area contributed by atoms with Gasteiger partial charge in [-0.2, -0.15) is 0 Å². The number of rotatable bonds is 8. The average Bonchev–Trinajstić information content (AvgIpc) is 2.45. The van der Waals surface area contributed by atoms with Crippen LogP contribution in [0.2, 0.25) is 0 Å². The number of pyridine rings is 1. The molecule has 6 heteroatoms. The summed E-state index contributed by atoms with van der Waals surface area (Å²) < 4.78 is 33.4. The number of hydrogen-bond donors (Lipinski definition) is 1. The predicted molar refractivity (Wildman–Crippen MR) is 77.6 cm³/mol. The van der Waals surface area contributed by atoms with Crippen LogP contribution in [-0.2, 0) is 6.61 Å². The SMILES string of the molecule is CCC(c1cnc(OC)c(CO)c1)C(F)(F)CCC=S. The quantitative estimate of drug-likeness (QED) is 0.747. The lowest BCUT2D eigenvalue weighted by Crippen LogP contribution is -2.26. The number of halogens is 2. The van der Waals surface area contributed by atoms with Gasteiger partial charge in [-0.25, -0.2) is 13.8 Å².